The molecule has 2 nitrogen and oxygen atoms in total. The maximum absolute atomic E-state index is 10.6. The fraction of sp³-hybridized carbons (Fsp3) is 0.429. The van der Waals surface area contributed by atoms with Gasteiger partial charge in [-0.05, 0) is 5.54 Å². The Bertz CT molecular complexity index is 157. The molecular formula is C7H10O2Si. The van der Waals surface area contributed by atoms with E-state index in [0.29, 0.717) is 5.54 Å². The van der Waals surface area contributed by atoms with Crippen molar-refractivity contribution in [2.24, 2.45) is 0 Å². The lowest BCUT2D eigenvalue weighted by molar-refractivity contribution is -0.129. The van der Waals surface area contributed by atoms with E-state index in [1.165, 1.54) is 6.08 Å². The lowest BCUT2D eigenvalue weighted by Crippen LogP contribution is -2.07. The first-order chi connectivity index (χ1) is 4.66. The minimum Gasteiger partial charge on any atom is -0.513 e. The molecule has 0 saturated heterocycles. The van der Waals surface area contributed by atoms with E-state index in [1.54, 1.807) is 0 Å². The summed E-state index contributed by atoms with van der Waals surface area (Å²) in [7, 11) is 0.230. The summed E-state index contributed by atoms with van der Waals surface area (Å²) in [5.74, 6) is -0.359. The van der Waals surface area contributed by atoms with E-state index < -0.39 is 0 Å². The molecule has 0 saturated carbocycles. The molecule has 0 aliphatic rings. The van der Waals surface area contributed by atoms with Gasteiger partial charge in [0.25, 0.3) is 0 Å². The lowest BCUT2D eigenvalue weighted by Gasteiger charge is -1.99. The van der Waals surface area contributed by atoms with Crippen LogP contribution in [0, 0.1) is 0 Å². The smallest absolute Gasteiger partial charge is 0.325 e. The predicted octanol–water partition coefficient (Wildman–Crippen LogP) is 1.32. The van der Waals surface area contributed by atoms with Crippen LogP contribution in [0.1, 0.15) is 13.8 Å². The van der Waals surface area contributed by atoms with Crippen molar-refractivity contribution in [1.29, 1.82) is 0 Å². The Kier molecular flexibility index (Phi) is 4.63. The Morgan fingerprint density at radius 3 is 2.80 bits per heavy atom. The van der Waals surface area contributed by atoms with Crippen molar-refractivity contribution >= 4 is 15.7 Å². The lowest BCUT2D eigenvalue weighted by atomic mass is 10.6. The SMILES string of the molecule is C=C=CC(=O)O[Si]C(C)C. The normalized spacial score (nSPS) is 8.70. The second kappa shape index (κ2) is 5.03. The molecule has 0 bridgehead atoms. The molecule has 0 rings (SSSR count). The van der Waals surface area contributed by atoms with E-state index in [2.05, 4.69) is 12.3 Å². The Morgan fingerprint density at radius 2 is 2.40 bits per heavy atom. The molecule has 54 valence electrons. The standard InChI is InChI=1S/C7H10O2Si/c1-4-5-7(8)9-10-6(2)3/h5-6H,1H2,2-3H3. The van der Waals surface area contributed by atoms with Crippen LogP contribution in [-0.2, 0) is 9.22 Å². The third-order valence-electron chi connectivity index (χ3n) is 0.615. The van der Waals surface area contributed by atoms with Gasteiger partial charge >= 0.3 is 15.7 Å². The highest BCUT2D eigenvalue weighted by molar-refractivity contribution is 6.32. The third-order valence-corrected chi connectivity index (χ3v) is 1.41. The van der Waals surface area contributed by atoms with Crippen molar-refractivity contribution in [3.8, 4) is 0 Å². The van der Waals surface area contributed by atoms with Crippen LogP contribution in [0.2, 0.25) is 5.54 Å². The Labute approximate surface area is 63.5 Å². The molecule has 2 radical (unpaired) electrons. The number of rotatable bonds is 3. The second-order valence-electron chi connectivity index (χ2n) is 2.04. The molecule has 0 aliphatic carbocycles. The highest BCUT2D eigenvalue weighted by atomic mass is 28.2. The first kappa shape index (κ1) is 9.21. The van der Waals surface area contributed by atoms with Gasteiger partial charge in [0.1, 0.15) is 0 Å². The molecule has 10 heavy (non-hydrogen) atoms. The summed E-state index contributed by atoms with van der Waals surface area (Å²) in [5, 5.41) is 0. The molecule has 0 aromatic carbocycles. The van der Waals surface area contributed by atoms with Crippen LogP contribution in [0.4, 0.5) is 0 Å². The zero-order chi connectivity index (χ0) is 7.98. The van der Waals surface area contributed by atoms with Crippen molar-refractivity contribution in [3.05, 3.63) is 18.4 Å². The van der Waals surface area contributed by atoms with Crippen LogP contribution >= 0.6 is 0 Å². The Morgan fingerprint density at radius 1 is 1.80 bits per heavy atom. The molecule has 0 atom stereocenters. The molecule has 0 aromatic rings. The largest absolute Gasteiger partial charge is 0.513 e. The van der Waals surface area contributed by atoms with E-state index in [1.807, 2.05) is 13.8 Å². The van der Waals surface area contributed by atoms with Gasteiger partial charge in [-0.1, -0.05) is 20.4 Å². The van der Waals surface area contributed by atoms with E-state index in [0.717, 1.165) is 0 Å². The van der Waals surface area contributed by atoms with Gasteiger partial charge in [0.2, 0.25) is 0 Å². The van der Waals surface area contributed by atoms with Crippen LogP contribution < -0.4 is 0 Å². The Hall–Kier alpha value is -0.793. The number of hydrogen-bond acceptors (Lipinski definition) is 2. The third kappa shape index (κ3) is 5.35. The van der Waals surface area contributed by atoms with E-state index >= 15 is 0 Å². The van der Waals surface area contributed by atoms with Gasteiger partial charge in [0.05, 0.1) is 6.08 Å². The van der Waals surface area contributed by atoms with Crippen LogP contribution in [0.15, 0.2) is 18.4 Å². The van der Waals surface area contributed by atoms with Crippen molar-refractivity contribution < 1.29 is 9.22 Å². The fourth-order valence-corrected chi connectivity index (χ4v) is 0.700. The number of carbonyl (C=O) groups is 1. The van der Waals surface area contributed by atoms with Crippen LogP contribution in [0.25, 0.3) is 0 Å². The van der Waals surface area contributed by atoms with E-state index in [9.17, 15) is 4.79 Å². The highest BCUT2D eigenvalue weighted by Crippen LogP contribution is 1.96. The predicted molar refractivity (Wildman–Crippen MR) is 40.7 cm³/mol. The van der Waals surface area contributed by atoms with Gasteiger partial charge in [-0.15, -0.1) is 5.73 Å². The van der Waals surface area contributed by atoms with Gasteiger partial charge < -0.3 is 4.43 Å². The van der Waals surface area contributed by atoms with Crippen molar-refractivity contribution in [1.82, 2.24) is 0 Å². The maximum atomic E-state index is 10.6. The topological polar surface area (TPSA) is 26.3 Å². The van der Waals surface area contributed by atoms with E-state index in [4.69, 9.17) is 4.43 Å². The number of hydrogen-bond donors (Lipinski definition) is 0. The zero-order valence-corrected chi connectivity index (χ0v) is 7.18. The molecule has 0 aromatic heterocycles. The summed E-state index contributed by atoms with van der Waals surface area (Å²) in [5.41, 5.74) is 2.75. The summed E-state index contributed by atoms with van der Waals surface area (Å²) >= 11 is 0. The maximum Gasteiger partial charge on any atom is 0.325 e. The molecule has 0 N–H and O–H groups in total. The van der Waals surface area contributed by atoms with Gasteiger partial charge in [-0.2, -0.15) is 0 Å². The average Bonchev–Trinajstić information content (AvgIpc) is 1.85. The monoisotopic (exact) mass is 154 g/mol. The van der Waals surface area contributed by atoms with Crippen LogP contribution in [0.5, 0.6) is 0 Å². The quantitative estimate of drug-likeness (QED) is 0.348. The molecule has 0 heterocycles. The molecule has 0 spiro atoms. The van der Waals surface area contributed by atoms with Crippen molar-refractivity contribution in [3.63, 3.8) is 0 Å². The zero-order valence-electron chi connectivity index (χ0n) is 6.18. The van der Waals surface area contributed by atoms with Gasteiger partial charge in [0.15, 0.2) is 0 Å². The summed E-state index contributed by atoms with van der Waals surface area (Å²) in [6.07, 6.45) is 1.19. The highest BCUT2D eigenvalue weighted by Gasteiger charge is 2.01. The molecule has 3 heteroatoms. The summed E-state index contributed by atoms with van der Waals surface area (Å²) in [6, 6.07) is 0. The molecule has 0 aliphatic heterocycles. The first-order valence-electron chi connectivity index (χ1n) is 2.99. The summed E-state index contributed by atoms with van der Waals surface area (Å²) in [6.45, 7) is 7.23. The fourth-order valence-electron chi connectivity index (χ4n) is 0.289. The van der Waals surface area contributed by atoms with Crippen LogP contribution in [-0.4, -0.2) is 15.7 Å². The number of carbonyl (C=O) groups excluding carboxylic acids is 1. The molecule has 0 unspecified atom stereocenters. The summed E-state index contributed by atoms with van der Waals surface area (Å²) in [4.78, 5) is 10.6. The van der Waals surface area contributed by atoms with Gasteiger partial charge in [-0.3, -0.25) is 0 Å². The van der Waals surface area contributed by atoms with E-state index in [-0.39, 0.29) is 15.7 Å². The minimum atomic E-state index is -0.359. The van der Waals surface area contributed by atoms with Crippen LogP contribution in [0.3, 0.4) is 0 Å². The molecule has 0 fully saturated rings. The second-order valence-corrected chi connectivity index (χ2v) is 3.64. The van der Waals surface area contributed by atoms with Gasteiger partial charge in [0, 0.05) is 0 Å². The molecular weight excluding hydrogens is 144 g/mol. The average molecular weight is 154 g/mol. The summed E-state index contributed by atoms with van der Waals surface area (Å²) < 4.78 is 4.77. The first-order valence-corrected chi connectivity index (χ1v) is 3.97. The van der Waals surface area contributed by atoms with Crippen molar-refractivity contribution in [2.75, 3.05) is 0 Å². The van der Waals surface area contributed by atoms with Crippen molar-refractivity contribution in [2.45, 2.75) is 19.4 Å². The van der Waals surface area contributed by atoms with Gasteiger partial charge in [-0.25, -0.2) is 4.79 Å². The minimum absolute atomic E-state index is 0.230. The Balaban J connectivity index is 3.50. The molecule has 0 amide bonds.